The van der Waals surface area contributed by atoms with Crippen molar-refractivity contribution in [2.24, 2.45) is 10.8 Å². The molecule has 7 heteroatoms. The highest BCUT2D eigenvalue weighted by molar-refractivity contribution is 6.40. The second-order valence-corrected chi connectivity index (χ2v) is 4.33. The SMILES string of the molecule is COCCN=C(NN)Nc1c(Cl)ccc(C)c1Cl. The number of nitrogens with one attached hydrogen (secondary N) is 2. The number of methoxy groups -OCH3 is 1. The van der Waals surface area contributed by atoms with Crippen molar-refractivity contribution in [1.29, 1.82) is 0 Å². The molecule has 5 nitrogen and oxygen atoms in total. The number of aliphatic imine (C=N–C) groups is 1. The number of guanidine groups is 1. The molecule has 1 rings (SSSR count). The van der Waals surface area contributed by atoms with Gasteiger partial charge >= 0.3 is 0 Å². The van der Waals surface area contributed by atoms with Crippen molar-refractivity contribution in [2.75, 3.05) is 25.6 Å². The molecule has 0 bridgehead atoms. The number of ether oxygens (including phenoxy) is 1. The molecule has 0 aliphatic carbocycles. The van der Waals surface area contributed by atoms with Crippen LogP contribution in [0.2, 0.25) is 10.0 Å². The fraction of sp³-hybridized carbons (Fsp3) is 0.364. The molecule has 0 heterocycles. The molecule has 0 aliphatic heterocycles. The van der Waals surface area contributed by atoms with E-state index in [-0.39, 0.29) is 0 Å². The molecular formula is C11H16Cl2N4O. The summed E-state index contributed by atoms with van der Waals surface area (Å²) < 4.78 is 4.90. The Hall–Kier alpha value is -1.01. The number of halogens is 2. The van der Waals surface area contributed by atoms with Crippen LogP contribution in [-0.2, 0) is 4.74 Å². The molecule has 1 aromatic rings. The van der Waals surface area contributed by atoms with Crippen LogP contribution in [0.1, 0.15) is 5.56 Å². The molecule has 0 aliphatic rings. The number of hydrogen-bond donors (Lipinski definition) is 3. The standard InChI is InChI=1S/C11H16Cl2N4O/c1-7-3-4-8(12)10(9(7)13)16-11(17-14)15-5-6-18-2/h3-4H,5-6,14H2,1-2H3,(H2,15,16,17). The molecule has 4 N–H and O–H groups in total. The van der Waals surface area contributed by atoms with Crippen molar-refractivity contribution in [3.63, 3.8) is 0 Å². The lowest BCUT2D eigenvalue weighted by molar-refractivity contribution is 0.208. The van der Waals surface area contributed by atoms with Crippen molar-refractivity contribution in [2.45, 2.75) is 6.92 Å². The third kappa shape index (κ3) is 4.03. The number of nitrogens with zero attached hydrogens (tertiary/aromatic N) is 1. The lowest BCUT2D eigenvalue weighted by atomic mass is 10.2. The van der Waals surface area contributed by atoms with Gasteiger partial charge in [0.1, 0.15) is 0 Å². The third-order valence-corrected chi connectivity index (χ3v) is 3.03. The van der Waals surface area contributed by atoms with Gasteiger partial charge in [0.2, 0.25) is 5.96 Å². The number of aryl methyl sites for hydroxylation is 1. The number of hydrogen-bond acceptors (Lipinski definition) is 3. The molecule has 0 atom stereocenters. The lowest BCUT2D eigenvalue weighted by Crippen LogP contribution is -2.36. The normalized spacial score (nSPS) is 11.5. The third-order valence-electron chi connectivity index (χ3n) is 2.23. The second kappa shape index (κ2) is 7.43. The zero-order valence-corrected chi connectivity index (χ0v) is 11.8. The minimum absolute atomic E-state index is 0.376. The maximum absolute atomic E-state index is 6.17. The summed E-state index contributed by atoms with van der Waals surface area (Å²) >= 11 is 12.2. The van der Waals surface area contributed by atoms with Gasteiger partial charge in [0.25, 0.3) is 0 Å². The first-order chi connectivity index (χ1) is 8.60. The highest BCUT2D eigenvalue weighted by Crippen LogP contribution is 2.32. The molecule has 0 radical (unpaired) electrons. The van der Waals surface area contributed by atoms with Crippen LogP contribution in [-0.4, -0.2) is 26.2 Å². The molecule has 0 spiro atoms. The summed E-state index contributed by atoms with van der Waals surface area (Å²) in [7, 11) is 1.60. The van der Waals surface area contributed by atoms with Crippen LogP contribution in [0.15, 0.2) is 17.1 Å². The van der Waals surface area contributed by atoms with Gasteiger partial charge in [0.15, 0.2) is 0 Å². The lowest BCUT2D eigenvalue weighted by Gasteiger charge is -2.13. The Morgan fingerprint density at radius 1 is 1.44 bits per heavy atom. The van der Waals surface area contributed by atoms with Gasteiger partial charge in [-0.25, -0.2) is 10.8 Å². The molecule has 0 saturated carbocycles. The quantitative estimate of drug-likeness (QED) is 0.261. The van der Waals surface area contributed by atoms with Gasteiger partial charge in [-0.15, -0.1) is 0 Å². The zero-order chi connectivity index (χ0) is 13.5. The summed E-state index contributed by atoms with van der Waals surface area (Å²) in [5, 5.41) is 4.00. The number of benzene rings is 1. The van der Waals surface area contributed by atoms with E-state index in [0.29, 0.717) is 34.8 Å². The Morgan fingerprint density at radius 3 is 2.78 bits per heavy atom. The molecule has 0 saturated heterocycles. The number of rotatable bonds is 4. The summed E-state index contributed by atoms with van der Waals surface area (Å²) in [6.45, 7) is 2.87. The smallest absolute Gasteiger partial charge is 0.210 e. The predicted octanol–water partition coefficient (Wildman–Crippen LogP) is 2.18. The van der Waals surface area contributed by atoms with Crippen molar-refractivity contribution in [1.82, 2.24) is 5.43 Å². The molecule has 0 unspecified atom stereocenters. The Kier molecular flexibility index (Phi) is 6.21. The van der Waals surface area contributed by atoms with Gasteiger partial charge in [0.05, 0.1) is 28.9 Å². The summed E-state index contributed by atoms with van der Waals surface area (Å²) in [6, 6.07) is 3.60. The monoisotopic (exact) mass is 290 g/mol. The predicted molar refractivity (Wildman–Crippen MR) is 76.3 cm³/mol. The molecule has 0 fully saturated rings. The average Bonchev–Trinajstić information content (AvgIpc) is 2.37. The molecule has 1 aromatic carbocycles. The first-order valence-corrected chi connectivity index (χ1v) is 6.07. The fourth-order valence-corrected chi connectivity index (χ4v) is 1.72. The average molecular weight is 291 g/mol. The van der Waals surface area contributed by atoms with E-state index >= 15 is 0 Å². The van der Waals surface area contributed by atoms with E-state index in [1.165, 1.54) is 0 Å². The highest BCUT2D eigenvalue weighted by Gasteiger charge is 2.09. The Balaban J connectivity index is 2.88. The van der Waals surface area contributed by atoms with Crippen LogP contribution in [0.4, 0.5) is 5.69 Å². The second-order valence-electron chi connectivity index (χ2n) is 3.55. The van der Waals surface area contributed by atoms with E-state index in [1.807, 2.05) is 13.0 Å². The van der Waals surface area contributed by atoms with Crippen molar-refractivity contribution in [3.8, 4) is 0 Å². The first kappa shape index (κ1) is 15.0. The maximum atomic E-state index is 6.17. The maximum Gasteiger partial charge on any atom is 0.210 e. The number of nitrogens with two attached hydrogens (primary N) is 1. The zero-order valence-electron chi connectivity index (χ0n) is 10.3. The summed E-state index contributed by atoms with van der Waals surface area (Å²) in [5.74, 6) is 5.75. The van der Waals surface area contributed by atoms with E-state index in [0.717, 1.165) is 5.56 Å². The topological polar surface area (TPSA) is 71.7 Å². The van der Waals surface area contributed by atoms with Crippen LogP contribution < -0.4 is 16.6 Å². The van der Waals surface area contributed by atoms with Gasteiger partial charge in [0, 0.05) is 7.11 Å². The molecular weight excluding hydrogens is 275 g/mol. The van der Waals surface area contributed by atoms with Crippen molar-refractivity contribution in [3.05, 3.63) is 27.7 Å². The summed E-state index contributed by atoms with van der Waals surface area (Å²) in [6.07, 6.45) is 0. The van der Waals surface area contributed by atoms with Crippen LogP contribution >= 0.6 is 23.2 Å². The van der Waals surface area contributed by atoms with E-state index in [1.54, 1.807) is 13.2 Å². The Bertz CT molecular complexity index is 437. The van der Waals surface area contributed by atoms with E-state index < -0.39 is 0 Å². The summed E-state index contributed by atoms with van der Waals surface area (Å²) in [5.41, 5.74) is 3.94. The van der Waals surface area contributed by atoms with Crippen LogP contribution in [0, 0.1) is 6.92 Å². The van der Waals surface area contributed by atoms with Crippen LogP contribution in [0.3, 0.4) is 0 Å². The largest absolute Gasteiger partial charge is 0.383 e. The van der Waals surface area contributed by atoms with Gasteiger partial charge < -0.3 is 10.1 Å². The Labute approximate surface area is 116 Å². The number of hydrazine groups is 1. The van der Waals surface area contributed by atoms with Crippen LogP contribution in [0.5, 0.6) is 0 Å². The Morgan fingerprint density at radius 2 is 2.17 bits per heavy atom. The van der Waals surface area contributed by atoms with Gasteiger partial charge in [-0.2, -0.15) is 0 Å². The van der Waals surface area contributed by atoms with E-state index in [4.69, 9.17) is 33.8 Å². The molecule has 0 aromatic heterocycles. The highest BCUT2D eigenvalue weighted by atomic mass is 35.5. The fourth-order valence-electron chi connectivity index (χ4n) is 1.26. The molecule has 18 heavy (non-hydrogen) atoms. The molecule has 0 amide bonds. The minimum Gasteiger partial charge on any atom is -0.383 e. The first-order valence-electron chi connectivity index (χ1n) is 5.31. The summed E-state index contributed by atoms with van der Waals surface area (Å²) in [4.78, 5) is 4.17. The molecule has 100 valence electrons. The minimum atomic E-state index is 0.376. The van der Waals surface area contributed by atoms with Crippen LogP contribution in [0.25, 0.3) is 0 Å². The van der Waals surface area contributed by atoms with Gasteiger partial charge in [-0.3, -0.25) is 5.43 Å². The van der Waals surface area contributed by atoms with E-state index in [9.17, 15) is 0 Å². The van der Waals surface area contributed by atoms with Crippen molar-refractivity contribution >= 4 is 34.8 Å². The van der Waals surface area contributed by atoms with Gasteiger partial charge in [-0.05, 0) is 18.6 Å². The number of anilines is 1. The van der Waals surface area contributed by atoms with Gasteiger partial charge in [-0.1, -0.05) is 29.3 Å². The van der Waals surface area contributed by atoms with E-state index in [2.05, 4.69) is 15.7 Å². The van der Waals surface area contributed by atoms with Crippen molar-refractivity contribution < 1.29 is 4.74 Å².